The van der Waals surface area contributed by atoms with Crippen LogP contribution in [0.5, 0.6) is 11.5 Å². The molecule has 0 aliphatic carbocycles. The Kier molecular flexibility index (Phi) is 6.37. The lowest BCUT2D eigenvalue weighted by atomic mass is 10.1. The van der Waals surface area contributed by atoms with E-state index in [9.17, 15) is 31.1 Å². The van der Waals surface area contributed by atoms with E-state index < -0.39 is 36.8 Å². The van der Waals surface area contributed by atoms with E-state index in [1.807, 2.05) is 0 Å². The quantitative estimate of drug-likeness (QED) is 0.720. The molecule has 2 rings (SSSR count). The molecule has 0 unspecified atom stereocenters. The number of rotatable bonds is 6. The molecule has 1 atom stereocenters. The van der Waals surface area contributed by atoms with Crippen LogP contribution in [-0.4, -0.2) is 30.0 Å². The minimum atomic E-state index is -4.89. The third-order valence-electron chi connectivity index (χ3n) is 3.28. The van der Waals surface area contributed by atoms with Gasteiger partial charge in [0.05, 0.1) is 17.9 Å². The fourth-order valence-electron chi connectivity index (χ4n) is 2.09. The summed E-state index contributed by atoms with van der Waals surface area (Å²) in [4.78, 5) is 16.1. The number of benzene rings is 1. The second-order valence-electron chi connectivity index (χ2n) is 5.59. The molecule has 152 valence electrons. The van der Waals surface area contributed by atoms with Gasteiger partial charge in [-0.2, -0.15) is 13.2 Å². The van der Waals surface area contributed by atoms with Gasteiger partial charge in [0.25, 0.3) is 5.91 Å². The number of ether oxygens (including phenoxy) is 2. The van der Waals surface area contributed by atoms with Crippen LogP contribution in [0.1, 0.15) is 29.0 Å². The predicted molar refractivity (Wildman–Crippen MR) is 84.8 cm³/mol. The van der Waals surface area contributed by atoms with E-state index in [2.05, 4.69) is 19.8 Å². The normalized spacial score (nSPS) is 13.0. The van der Waals surface area contributed by atoms with Gasteiger partial charge in [0.1, 0.15) is 11.5 Å². The maximum absolute atomic E-state index is 12.3. The summed E-state index contributed by atoms with van der Waals surface area (Å²) < 4.78 is 81.4. The Morgan fingerprint density at radius 1 is 1.11 bits per heavy atom. The average Bonchev–Trinajstić information content (AvgIpc) is 2.58. The Hall–Kier alpha value is -2.98. The molecule has 0 radical (unpaired) electrons. The van der Waals surface area contributed by atoms with Gasteiger partial charge in [0, 0.05) is 5.56 Å². The van der Waals surface area contributed by atoms with E-state index in [1.165, 1.54) is 24.3 Å². The first-order valence-corrected chi connectivity index (χ1v) is 7.75. The van der Waals surface area contributed by atoms with Crippen LogP contribution in [0.3, 0.4) is 0 Å². The SMILES string of the molecule is C[C@@H](NC(=O)c1cccc(OC(F)(F)F)c1)c1ccc(OCC(F)(F)F)cn1. The zero-order valence-electron chi connectivity index (χ0n) is 14.3. The molecule has 1 aromatic heterocycles. The average molecular weight is 408 g/mol. The highest BCUT2D eigenvalue weighted by atomic mass is 19.4. The van der Waals surface area contributed by atoms with Gasteiger partial charge in [-0.05, 0) is 37.3 Å². The van der Waals surface area contributed by atoms with E-state index in [-0.39, 0.29) is 11.3 Å². The van der Waals surface area contributed by atoms with Crippen molar-refractivity contribution in [2.45, 2.75) is 25.5 Å². The number of amides is 1. The molecular formula is C17H14F6N2O3. The van der Waals surface area contributed by atoms with Crippen LogP contribution in [0.2, 0.25) is 0 Å². The fourth-order valence-corrected chi connectivity index (χ4v) is 2.09. The number of pyridine rings is 1. The van der Waals surface area contributed by atoms with E-state index in [0.29, 0.717) is 5.69 Å². The molecule has 11 heteroatoms. The zero-order chi connectivity index (χ0) is 20.9. The zero-order valence-corrected chi connectivity index (χ0v) is 14.3. The standard InChI is InChI=1S/C17H14F6N2O3/c1-10(14-6-5-13(8-24-14)27-9-16(18,19)20)25-15(26)11-3-2-4-12(7-11)28-17(21,22)23/h2-8,10H,9H2,1H3,(H,25,26)/t10-/m1/s1. The molecule has 1 N–H and O–H groups in total. The second-order valence-corrected chi connectivity index (χ2v) is 5.59. The molecule has 0 saturated heterocycles. The Labute approximate surface area is 155 Å². The topological polar surface area (TPSA) is 60.5 Å². The van der Waals surface area contributed by atoms with Crippen molar-refractivity contribution < 1.29 is 40.6 Å². The molecule has 0 fully saturated rings. The summed E-state index contributed by atoms with van der Waals surface area (Å²) in [6.45, 7) is 0.0865. The number of nitrogens with zero attached hydrogens (tertiary/aromatic N) is 1. The lowest BCUT2D eigenvalue weighted by molar-refractivity contribution is -0.274. The molecule has 1 aromatic carbocycles. The van der Waals surface area contributed by atoms with Gasteiger partial charge in [-0.3, -0.25) is 9.78 Å². The van der Waals surface area contributed by atoms with Gasteiger partial charge < -0.3 is 14.8 Å². The Balaban J connectivity index is 1.99. The Morgan fingerprint density at radius 2 is 1.82 bits per heavy atom. The van der Waals surface area contributed by atoms with E-state index in [4.69, 9.17) is 0 Å². The molecule has 0 bridgehead atoms. The van der Waals surface area contributed by atoms with Gasteiger partial charge in [-0.15, -0.1) is 13.2 Å². The highest BCUT2D eigenvalue weighted by molar-refractivity contribution is 5.94. The summed E-state index contributed by atoms with van der Waals surface area (Å²) in [6, 6.07) is 6.45. The van der Waals surface area contributed by atoms with Crippen LogP contribution in [0.15, 0.2) is 42.6 Å². The van der Waals surface area contributed by atoms with Crippen LogP contribution in [-0.2, 0) is 0 Å². The number of hydrogen-bond donors (Lipinski definition) is 1. The fraction of sp³-hybridized carbons (Fsp3) is 0.294. The Morgan fingerprint density at radius 3 is 2.39 bits per heavy atom. The molecule has 0 spiro atoms. The summed E-state index contributed by atoms with van der Waals surface area (Å²) in [5.41, 5.74) is 0.245. The number of carbonyl (C=O) groups is 1. The summed E-state index contributed by atoms with van der Waals surface area (Å²) >= 11 is 0. The van der Waals surface area contributed by atoms with E-state index in [0.717, 1.165) is 18.3 Å². The van der Waals surface area contributed by atoms with Crippen LogP contribution >= 0.6 is 0 Å². The third-order valence-corrected chi connectivity index (χ3v) is 3.28. The summed E-state index contributed by atoms with van der Waals surface area (Å²) in [6.07, 6.45) is -8.30. The number of alkyl halides is 6. The first-order valence-electron chi connectivity index (χ1n) is 7.75. The van der Waals surface area contributed by atoms with Crippen molar-refractivity contribution in [3.8, 4) is 11.5 Å². The minimum Gasteiger partial charge on any atom is -0.483 e. The van der Waals surface area contributed by atoms with Gasteiger partial charge in [-0.1, -0.05) is 6.07 Å². The predicted octanol–water partition coefficient (Wildman–Crippen LogP) is 4.41. The molecule has 2 aromatic rings. The maximum atomic E-state index is 12.3. The molecule has 1 heterocycles. The van der Waals surface area contributed by atoms with E-state index >= 15 is 0 Å². The van der Waals surface area contributed by atoms with Crippen molar-refractivity contribution in [1.29, 1.82) is 0 Å². The van der Waals surface area contributed by atoms with E-state index in [1.54, 1.807) is 6.92 Å². The van der Waals surface area contributed by atoms with Crippen molar-refractivity contribution in [2.24, 2.45) is 0 Å². The minimum absolute atomic E-state index is 0.0706. The molecule has 1 amide bonds. The van der Waals surface area contributed by atoms with Gasteiger partial charge in [0.2, 0.25) is 0 Å². The van der Waals surface area contributed by atoms with Crippen molar-refractivity contribution >= 4 is 5.91 Å². The first-order chi connectivity index (χ1) is 12.9. The third kappa shape index (κ3) is 6.97. The van der Waals surface area contributed by atoms with Gasteiger partial charge in [-0.25, -0.2) is 0 Å². The highest BCUT2D eigenvalue weighted by Gasteiger charge is 2.31. The lowest BCUT2D eigenvalue weighted by Gasteiger charge is -2.15. The second kappa shape index (κ2) is 8.36. The molecule has 0 aliphatic heterocycles. The number of aromatic nitrogens is 1. The molecule has 0 aliphatic rings. The number of hydrogen-bond acceptors (Lipinski definition) is 4. The lowest BCUT2D eigenvalue weighted by Crippen LogP contribution is -2.27. The molecule has 0 saturated carbocycles. The van der Waals surface area contributed by atoms with Crippen molar-refractivity contribution in [3.05, 3.63) is 53.9 Å². The summed E-state index contributed by atoms with van der Waals surface area (Å²) in [5, 5.41) is 2.52. The molecular weight excluding hydrogens is 394 g/mol. The highest BCUT2D eigenvalue weighted by Crippen LogP contribution is 2.24. The van der Waals surface area contributed by atoms with Crippen LogP contribution < -0.4 is 14.8 Å². The van der Waals surface area contributed by atoms with Crippen LogP contribution in [0.25, 0.3) is 0 Å². The van der Waals surface area contributed by atoms with Crippen molar-refractivity contribution in [1.82, 2.24) is 10.3 Å². The van der Waals surface area contributed by atoms with Crippen LogP contribution in [0, 0.1) is 0 Å². The largest absolute Gasteiger partial charge is 0.573 e. The van der Waals surface area contributed by atoms with Gasteiger partial charge >= 0.3 is 12.5 Å². The molecule has 28 heavy (non-hydrogen) atoms. The smallest absolute Gasteiger partial charge is 0.483 e. The summed E-state index contributed by atoms with van der Waals surface area (Å²) in [7, 11) is 0. The van der Waals surface area contributed by atoms with Crippen molar-refractivity contribution in [2.75, 3.05) is 6.61 Å². The maximum Gasteiger partial charge on any atom is 0.573 e. The molecule has 5 nitrogen and oxygen atoms in total. The first kappa shape index (κ1) is 21.3. The number of nitrogens with one attached hydrogen (secondary N) is 1. The van der Waals surface area contributed by atoms with Crippen molar-refractivity contribution in [3.63, 3.8) is 0 Å². The van der Waals surface area contributed by atoms with Gasteiger partial charge in [0.15, 0.2) is 6.61 Å². The monoisotopic (exact) mass is 408 g/mol. The summed E-state index contributed by atoms with van der Waals surface area (Å²) in [5.74, 6) is -1.33. The number of halogens is 6. The van der Waals surface area contributed by atoms with Crippen LogP contribution in [0.4, 0.5) is 26.3 Å². The Bertz CT molecular complexity index is 806. The number of carbonyl (C=O) groups excluding carboxylic acids is 1.